The molecule has 0 saturated heterocycles. The molecule has 1 aromatic rings. The lowest BCUT2D eigenvalue weighted by Gasteiger charge is -2.12. The monoisotopic (exact) mass is 245 g/mol. The number of fused-ring (bicyclic) bond motifs is 1. The molecule has 6 heteroatoms. The van der Waals surface area contributed by atoms with E-state index in [1.165, 1.54) is 0 Å². The Hall–Kier alpha value is -1.72. The lowest BCUT2D eigenvalue weighted by atomic mass is 10.1. The Balaban J connectivity index is 1.87. The molecule has 0 radical (unpaired) electrons. The summed E-state index contributed by atoms with van der Waals surface area (Å²) in [4.78, 5) is 10.6. The van der Waals surface area contributed by atoms with Crippen LogP contribution in [0.2, 0.25) is 0 Å². The molecule has 1 atom stereocenters. The van der Waals surface area contributed by atoms with Gasteiger partial charge in [-0.05, 0) is 11.6 Å². The molecule has 92 valence electrons. The Morgan fingerprint density at radius 1 is 1.41 bits per heavy atom. The van der Waals surface area contributed by atoms with Crippen molar-refractivity contribution in [2.24, 2.45) is 0 Å². The molecular weight excluding hydrogens is 235 g/mol. The first-order valence-corrected chi connectivity index (χ1v) is 5.06. The number of benzene rings is 1. The summed E-state index contributed by atoms with van der Waals surface area (Å²) in [5.74, 6) is -1.27. The van der Waals surface area contributed by atoms with Gasteiger partial charge < -0.3 is 10.1 Å². The lowest BCUT2D eigenvalue weighted by Crippen LogP contribution is -2.41. The summed E-state index contributed by atoms with van der Waals surface area (Å²) in [5, 5.41) is 1.81. The predicted molar refractivity (Wildman–Crippen MR) is 53.6 cm³/mol. The molecule has 1 amide bonds. The smallest absolute Gasteiger partial charge is 0.471 e. The van der Waals surface area contributed by atoms with E-state index < -0.39 is 18.2 Å². The van der Waals surface area contributed by atoms with E-state index in [0.29, 0.717) is 12.2 Å². The first-order chi connectivity index (χ1) is 7.97. The van der Waals surface area contributed by atoms with Gasteiger partial charge in [0.05, 0.1) is 6.54 Å². The molecule has 1 N–H and O–H groups in total. The maximum atomic E-state index is 11.9. The van der Waals surface area contributed by atoms with Gasteiger partial charge in [-0.2, -0.15) is 13.2 Å². The van der Waals surface area contributed by atoms with Crippen molar-refractivity contribution in [3.63, 3.8) is 0 Å². The van der Waals surface area contributed by atoms with E-state index in [4.69, 9.17) is 4.74 Å². The molecule has 2 rings (SSSR count). The zero-order chi connectivity index (χ0) is 12.5. The molecule has 3 nitrogen and oxygen atoms in total. The number of alkyl halides is 3. The van der Waals surface area contributed by atoms with Crippen molar-refractivity contribution in [3.05, 3.63) is 29.8 Å². The molecule has 1 heterocycles. The van der Waals surface area contributed by atoms with Crippen molar-refractivity contribution in [1.82, 2.24) is 5.32 Å². The number of amides is 1. The highest BCUT2D eigenvalue weighted by atomic mass is 19.4. The van der Waals surface area contributed by atoms with Crippen molar-refractivity contribution in [2.75, 3.05) is 6.54 Å². The Morgan fingerprint density at radius 2 is 2.12 bits per heavy atom. The summed E-state index contributed by atoms with van der Waals surface area (Å²) >= 11 is 0. The van der Waals surface area contributed by atoms with Gasteiger partial charge in [0.15, 0.2) is 0 Å². The highest BCUT2D eigenvalue weighted by Crippen LogP contribution is 2.27. The van der Waals surface area contributed by atoms with E-state index >= 15 is 0 Å². The van der Waals surface area contributed by atoms with Gasteiger partial charge in [-0.1, -0.05) is 18.2 Å². The van der Waals surface area contributed by atoms with Crippen LogP contribution < -0.4 is 10.1 Å². The minimum Gasteiger partial charge on any atom is -0.488 e. The van der Waals surface area contributed by atoms with Gasteiger partial charge >= 0.3 is 12.1 Å². The zero-order valence-electron chi connectivity index (χ0n) is 8.75. The van der Waals surface area contributed by atoms with Crippen LogP contribution in [0.4, 0.5) is 13.2 Å². The predicted octanol–water partition coefficient (Wildman–Crippen LogP) is 1.67. The molecule has 17 heavy (non-hydrogen) atoms. The fraction of sp³-hybridized carbons (Fsp3) is 0.364. The number of nitrogens with one attached hydrogen (secondary N) is 1. The average Bonchev–Trinajstić information content (AvgIpc) is 2.66. The molecule has 0 spiro atoms. The maximum Gasteiger partial charge on any atom is 0.471 e. The molecular formula is C11H10F3NO2. The van der Waals surface area contributed by atoms with E-state index in [1.807, 2.05) is 17.4 Å². The molecule has 1 aliphatic heterocycles. The Kier molecular flexibility index (Phi) is 2.95. The summed E-state index contributed by atoms with van der Waals surface area (Å²) in [6.45, 7) is -0.146. The second kappa shape index (κ2) is 4.27. The Labute approximate surface area is 95.6 Å². The number of para-hydroxylation sites is 1. The third kappa shape index (κ3) is 2.69. The largest absolute Gasteiger partial charge is 0.488 e. The van der Waals surface area contributed by atoms with Gasteiger partial charge in [0.1, 0.15) is 11.9 Å². The normalized spacial score (nSPS) is 18.4. The number of hydrogen-bond acceptors (Lipinski definition) is 2. The third-order valence-corrected chi connectivity index (χ3v) is 2.46. The van der Waals surface area contributed by atoms with Crippen molar-refractivity contribution >= 4 is 5.91 Å². The van der Waals surface area contributed by atoms with E-state index in [-0.39, 0.29) is 6.54 Å². The number of hydrogen-bond donors (Lipinski definition) is 1. The summed E-state index contributed by atoms with van der Waals surface area (Å²) in [6.07, 6.45) is -4.77. The van der Waals surface area contributed by atoms with Crippen LogP contribution in [0.1, 0.15) is 5.56 Å². The van der Waals surface area contributed by atoms with Crippen LogP contribution in [0.5, 0.6) is 5.75 Å². The average molecular weight is 245 g/mol. The standard InChI is InChI=1S/C11H10F3NO2/c12-11(13,14)10(16)15-6-8-5-7-3-1-2-4-9(7)17-8/h1-4,8H,5-6H2,(H,15,16). The molecule has 0 saturated carbocycles. The van der Waals surface area contributed by atoms with E-state index in [9.17, 15) is 18.0 Å². The quantitative estimate of drug-likeness (QED) is 0.860. The van der Waals surface area contributed by atoms with Crippen molar-refractivity contribution in [3.8, 4) is 5.75 Å². The van der Waals surface area contributed by atoms with Gasteiger partial charge in [0, 0.05) is 6.42 Å². The van der Waals surface area contributed by atoms with Crippen LogP contribution >= 0.6 is 0 Å². The fourth-order valence-corrected chi connectivity index (χ4v) is 1.67. The minimum atomic E-state index is -4.84. The van der Waals surface area contributed by atoms with Crippen LogP contribution in [0.25, 0.3) is 0 Å². The molecule has 0 aromatic heterocycles. The molecule has 1 aromatic carbocycles. The minimum absolute atomic E-state index is 0.146. The fourth-order valence-electron chi connectivity index (χ4n) is 1.67. The topological polar surface area (TPSA) is 38.3 Å². The second-order valence-corrected chi connectivity index (χ2v) is 3.76. The molecule has 0 aliphatic carbocycles. The van der Waals surface area contributed by atoms with Crippen molar-refractivity contribution in [1.29, 1.82) is 0 Å². The number of carbonyl (C=O) groups excluding carboxylic acids is 1. The van der Waals surface area contributed by atoms with Crippen LogP contribution in [0, 0.1) is 0 Å². The van der Waals surface area contributed by atoms with E-state index in [2.05, 4.69) is 0 Å². The maximum absolute atomic E-state index is 11.9. The molecule has 1 aliphatic rings. The first kappa shape index (κ1) is 11.8. The van der Waals surface area contributed by atoms with Crippen molar-refractivity contribution in [2.45, 2.75) is 18.7 Å². The zero-order valence-corrected chi connectivity index (χ0v) is 8.75. The highest BCUT2D eigenvalue weighted by Gasteiger charge is 2.39. The number of ether oxygens (including phenoxy) is 1. The molecule has 0 fully saturated rings. The van der Waals surface area contributed by atoms with E-state index in [0.717, 1.165) is 5.56 Å². The number of halogens is 3. The summed E-state index contributed by atoms with van der Waals surface area (Å²) in [7, 11) is 0. The van der Waals surface area contributed by atoms with Crippen LogP contribution in [0.3, 0.4) is 0 Å². The lowest BCUT2D eigenvalue weighted by molar-refractivity contribution is -0.173. The Bertz CT molecular complexity index is 406. The highest BCUT2D eigenvalue weighted by molar-refractivity contribution is 5.81. The SMILES string of the molecule is O=C(NCC1Cc2ccccc2O1)C(F)(F)F. The van der Waals surface area contributed by atoms with Gasteiger partial charge in [0.25, 0.3) is 0 Å². The van der Waals surface area contributed by atoms with Crippen LogP contribution in [-0.2, 0) is 11.2 Å². The number of rotatable bonds is 2. The van der Waals surface area contributed by atoms with Crippen LogP contribution in [0.15, 0.2) is 24.3 Å². The van der Waals surface area contributed by atoms with Gasteiger partial charge in [-0.25, -0.2) is 0 Å². The molecule has 0 bridgehead atoms. The van der Waals surface area contributed by atoms with Crippen molar-refractivity contribution < 1.29 is 22.7 Å². The summed E-state index contributed by atoms with van der Waals surface area (Å²) < 4.78 is 41.2. The first-order valence-electron chi connectivity index (χ1n) is 5.06. The number of carbonyl (C=O) groups is 1. The Morgan fingerprint density at radius 3 is 2.76 bits per heavy atom. The van der Waals surface area contributed by atoms with Gasteiger partial charge in [0.2, 0.25) is 0 Å². The van der Waals surface area contributed by atoms with Gasteiger partial charge in [-0.3, -0.25) is 4.79 Å². The third-order valence-electron chi connectivity index (χ3n) is 2.46. The van der Waals surface area contributed by atoms with Gasteiger partial charge in [-0.15, -0.1) is 0 Å². The second-order valence-electron chi connectivity index (χ2n) is 3.76. The molecule has 1 unspecified atom stereocenters. The summed E-state index contributed by atoms with van der Waals surface area (Å²) in [6, 6.07) is 7.22. The van der Waals surface area contributed by atoms with E-state index in [1.54, 1.807) is 12.1 Å². The van der Waals surface area contributed by atoms with Crippen LogP contribution in [-0.4, -0.2) is 24.7 Å². The summed E-state index contributed by atoms with van der Waals surface area (Å²) in [5.41, 5.74) is 0.943.